The summed E-state index contributed by atoms with van der Waals surface area (Å²) in [6, 6.07) is 0. The second-order valence-corrected chi connectivity index (χ2v) is 7.20. The van der Waals surface area contributed by atoms with Crippen molar-refractivity contribution in [2.75, 3.05) is 5.32 Å². The van der Waals surface area contributed by atoms with E-state index in [1.54, 1.807) is 11.3 Å². The van der Waals surface area contributed by atoms with Gasteiger partial charge in [0.25, 0.3) is 5.91 Å². The summed E-state index contributed by atoms with van der Waals surface area (Å²) in [6.45, 7) is 3.83. The van der Waals surface area contributed by atoms with E-state index in [2.05, 4.69) is 17.2 Å². The molecular formula is C17H24N2OS. The van der Waals surface area contributed by atoms with Crippen LogP contribution in [0.1, 0.15) is 72.2 Å². The maximum Gasteiger partial charge on any atom is 0.260 e. The van der Waals surface area contributed by atoms with Crippen molar-refractivity contribution >= 4 is 22.2 Å². The predicted octanol–water partition coefficient (Wildman–Crippen LogP) is 4.59. The number of carbonyl (C=O) groups is 1. The fraction of sp³-hybridized carbons (Fsp3) is 0.588. The smallest absolute Gasteiger partial charge is 0.260 e. The Balaban J connectivity index is 1.87. The molecule has 1 aliphatic heterocycles. The van der Waals surface area contributed by atoms with Crippen molar-refractivity contribution in [3.8, 4) is 0 Å². The van der Waals surface area contributed by atoms with Crippen LogP contribution in [0, 0.1) is 0 Å². The van der Waals surface area contributed by atoms with Gasteiger partial charge in [-0.25, -0.2) is 0 Å². The molecule has 1 aromatic rings. The highest BCUT2D eigenvalue weighted by molar-refractivity contribution is 7.16. The molecule has 0 unspecified atom stereocenters. The first-order chi connectivity index (χ1) is 10.3. The van der Waals surface area contributed by atoms with Crippen LogP contribution in [-0.2, 0) is 12.8 Å². The zero-order valence-electron chi connectivity index (χ0n) is 12.6. The molecule has 2 heterocycles. The van der Waals surface area contributed by atoms with E-state index in [0.29, 0.717) is 5.82 Å². The van der Waals surface area contributed by atoms with Crippen LogP contribution in [-0.4, -0.2) is 5.91 Å². The number of carbonyl (C=O) groups excluding carboxylic acids is 1. The number of rotatable bonds is 0. The molecule has 1 aromatic heterocycles. The van der Waals surface area contributed by atoms with Crippen molar-refractivity contribution < 1.29 is 4.79 Å². The quantitative estimate of drug-likeness (QED) is 0.736. The summed E-state index contributed by atoms with van der Waals surface area (Å²) >= 11 is 1.76. The van der Waals surface area contributed by atoms with Crippen molar-refractivity contribution in [2.45, 2.75) is 64.2 Å². The number of hydrogen-bond donors (Lipinski definition) is 2. The Hall–Kier alpha value is -1.29. The van der Waals surface area contributed by atoms with E-state index in [1.165, 1.54) is 61.8 Å². The number of aryl methyl sites for hydroxylation is 1. The summed E-state index contributed by atoms with van der Waals surface area (Å²) in [5.41, 5.74) is 2.19. The molecule has 2 N–H and O–H groups in total. The monoisotopic (exact) mass is 304 g/mol. The number of nitrogens with one attached hydrogen (secondary N) is 2. The highest BCUT2D eigenvalue weighted by Crippen LogP contribution is 2.38. The number of thiophene rings is 1. The van der Waals surface area contributed by atoms with Crippen LogP contribution in [0.2, 0.25) is 0 Å². The fourth-order valence-corrected chi connectivity index (χ4v) is 4.63. The molecule has 0 saturated heterocycles. The molecule has 4 heteroatoms. The Morgan fingerprint density at radius 3 is 2.19 bits per heavy atom. The predicted molar refractivity (Wildman–Crippen MR) is 88.9 cm³/mol. The third-order valence-corrected chi connectivity index (χ3v) is 5.63. The molecule has 3 nitrogen and oxygen atoms in total. The van der Waals surface area contributed by atoms with Gasteiger partial charge in [0.1, 0.15) is 10.8 Å². The second-order valence-electron chi connectivity index (χ2n) is 6.09. The normalized spacial score (nSPS) is 20.4. The van der Waals surface area contributed by atoms with E-state index in [4.69, 9.17) is 0 Å². The van der Waals surface area contributed by atoms with E-state index in [1.807, 2.05) is 0 Å². The molecular weight excluding hydrogens is 280 g/mol. The standard InChI is InChI=1S/C17H24N2OS/c1-12-18-16(20)15-13-10-8-6-4-2-3-5-7-9-11-14(13)21-17(15)19-12/h19H,1-11H2,(H,18,20). The Labute approximate surface area is 130 Å². The van der Waals surface area contributed by atoms with E-state index in [-0.39, 0.29) is 5.91 Å². The molecule has 0 saturated carbocycles. The average Bonchev–Trinajstić information content (AvgIpc) is 2.76. The van der Waals surface area contributed by atoms with Gasteiger partial charge in [-0.05, 0) is 31.2 Å². The molecule has 114 valence electrons. The first-order valence-electron chi connectivity index (χ1n) is 8.17. The van der Waals surface area contributed by atoms with Gasteiger partial charge in [-0.2, -0.15) is 0 Å². The third kappa shape index (κ3) is 3.31. The zero-order valence-corrected chi connectivity index (χ0v) is 13.4. The van der Waals surface area contributed by atoms with Gasteiger partial charge >= 0.3 is 0 Å². The molecule has 3 rings (SSSR count). The summed E-state index contributed by atoms with van der Waals surface area (Å²) in [5.74, 6) is 0.628. The Morgan fingerprint density at radius 1 is 0.857 bits per heavy atom. The van der Waals surface area contributed by atoms with Crippen LogP contribution in [0.4, 0.5) is 5.00 Å². The summed E-state index contributed by atoms with van der Waals surface area (Å²) in [4.78, 5) is 13.7. The molecule has 0 atom stereocenters. The van der Waals surface area contributed by atoms with E-state index < -0.39 is 0 Å². The van der Waals surface area contributed by atoms with Crippen molar-refractivity contribution in [3.63, 3.8) is 0 Å². The van der Waals surface area contributed by atoms with Gasteiger partial charge in [-0.3, -0.25) is 4.79 Å². The minimum absolute atomic E-state index is 0.0262. The number of fused-ring (bicyclic) bond motifs is 3. The first kappa shape index (κ1) is 14.6. The van der Waals surface area contributed by atoms with Gasteiger partial charge in [0, 0.05) is 4.88 Å². The van der Waals surface area contributed by atoms with Crippen molar-refractivity contribution in [2.24, 2.45) is 0 Å². The molecule has 0 bridgehead atoms. The first-order valence-corrected chi connectivity index (χ1v) is 8.99. The summed E-state index contributed by atoms with van der Waals surface area (Å²) in [6.07, 6.45) is 12.7. The van der Waals surface area contributed by atoms with Crippen molar-refractivity contribution in [1.29, 1.82) is 0 Å². The highest BCUT2D eigenvalue weighted by Gasteiger charge is 2.27. The highest BCUT2D eigenvalue weighted by atomic mass is 32.1. The topological polar surface area (TPSA) is 41.1 Å². The molecule has 1 amide bonds. The molecule has 0 radical (unpaired) electrons. The summed E-state index contributed by atoms with van der Waals surface area (Å²) in [5, 5.41) is 7.06. The van der Waals surface area contributed by atoms with Crippen LogP contribution in [0.25, 0.3) is 0 Å². The molecule has 21 heavy (non-hydrogen) atoms. The number of anilines is 1. The number of amides is 1. The van der Waals surface area contributed by atoms with E-state index in [9.17, 15) is 4.79 Å². The van der Waals surface area contributed by atoms with Crippen LogP contribution in [0.5, 0.6) is 0 Å². The van der Waals surface area contributed by atoms with Crippen molar-refractivity contribution in [1.82, 2.24) is 5.32 Å². The lowest BCUT2D eigenvalue weighted by atomic mass is 9.97. The minimum atomic E-state index is 0.0262. The summed E-state index contributed by atoms with van der Waals surface area (Å²) < 4.78 is 0. The van der Waals surface area contributed by atoms with E-state index in [0.717, 1.165) is 23.4 Å². The lowest BCUT2D eigenvalue weighted by Gasteiger charge is -2.18. The molecule has 2 aliphatic rings. The van der Waals surface area contributed by atoms with Gasteiger partial charge in [-0.1, -0.05) is 45.1 Å². The van der Waals surface area contributed by atoms with E-state index >= 15 is 0 Å². The minimum Gasteiger partial charge on any atom is -0.333 e. The average molecular weight is 304 g/mol. The van der Waals surface area contributed by atoms with Crippen molar-refractivity contribution in [3.05, 3.63) is 28.4 Å². The third-order valence-electron chi connectivity index (χ3n) is 4.43. The molecule has 0 fully saturated rings. The van der Waals surface area contributed by atoms with Gasteiger partial charge in [0.15, 0.2) is 0 Å². The lowest BCUT2D eigenvalue weighted by molar-refractivity contribution is 0.0963. The van der Waals surface area contributed by atoms with Crippen LogP contribution in [0.3, 0.4) is 0 Å². The molecule has 0 spiro atoms. The second kappa shape index (κ2) is 6.65. The fourth-order valence-electron chi connectivity index (χ4n) is 3.32. The largest absolute Gasteiger partial charge is 0.333 e. The Kier molecular flexibility index (Phi) is 4.63. The van der Waals surface area contributed by atoms with Gasteiger partial charge in [0.2, 0.25) is 0 Å². The van der Waals surface area contributed by atoms with Gasteiger partial charge in [0.05, 0.1) is 5.56 Å². The van der Waals surface area contributed by atoms with Crippen LogP contribution < -0.4 is 10.6 Å². The van der Waals surface area contributed by atoms with Gasteiger partial charge in [-0.15, -0.1) is 11.3 Å². The maximum absolute atomic E-state index is 12.3. The van der Waals surface area contributed by atoms with Crippen LogP contribution >= 0.6 is 11.3 Å². The Morgan fingerprint density at radius 2 is 1.48 bits per heavy atom. The zero-order chi connectivity index (χ0) is 14.7. The molecule has 0 aromatic carbocycles. The number of hydrogen-bond acceptors (Lipinski definition) is 3. The van der Waals surface area contributed by atoms with Crippen LogP contribution in [0.15, 0.2) is 12.4 Å². The van der Waals surface area contributed by atoms with Gasteiger partial charge < -0.3 is 10.6 Å². The lowest BCUT2D eigenvalue weighted by Crippen LogP contribution is -2.31. The SMILES string of the molecule is C=C1NC(=O)c2c(sc3c2CCCCCCCCCC3)N1. The summed E-state index contributed by atoms with van der Waals surface area (Å²) in [7, 11) is 0. The Bertz CT molecular complexity index is 547. The maximum atomic E-state index is 12.3. The molecule has 1 aliphatic carbocycles.